The van der Waals surface area contributed by atoms with Gasteiger partial charge in [0.25, 0.3) is 0 Å². The van der Waals surface area contributed by atoms with Gasteiger partial charge in [0, 0.05) is 0 Å². The van der Waals surface area contributed by atoms with E-state index in [0.29, 0.717) is 0 Å². The van der Waals surface area contributed by atoms with Crippen LogP contribution in [-0.2, 0) is 18.5 Å². The van der Waals surface area contributed by atoms with E-state index in [1.54, 1.807) is 0 Å². The van der Waals surface area contributed by atoms with Gasteiger partial charge in [-0.25, -0.2) is 0 Å². The van der Waals surface area contributed by atoms with Crippen molar-refractivity contribution < 1.29 is 18.5 Å². The Bertz CT molecular complexity index is 862. The number of fused-ring (bicyclic) bond motifs is 3. The van der Waals surface area contributed by atoms with Gasteiger partial charge in [0.1, 0.15) is 0 Å². The summed E-state index contributed by atoms with van der Waals surface area (Å²) in [6.45, 7) is 11.0. The number of rotatable bonds is 0. The van der Waals surface area contributed by atoms with Gasteiger partial charge >= 0.3 is 43.0 Å². The zero-order valence-electron chi connectivity index (χ0n) is 16.0. The summed E-state index contributed by atoms with van der Waals surface area (Å²) in [5.41, 5.74) is 7.34. The molecular weight excluding hydrogens is 527 g/mol. The normalized spacial score (nSPS) is 9.96. The van der Waals surface area contributed by atoms with E-state index in [2.05, 4.69) is 114 Å². The summed E-state index contributed by atoms with van der Waals surface area (Å²) in [4.78, 5) is 0. The average Bonchev–Trinajstić information content (AvgIpc) is 3.11. The molecule has 0 heterocycles. The molecular formula is C23H24Br2Zr. The minimum absolute atomic E-state index is 0.145. The molecule has 134 valence electrons. The van der Waals surface area contributed by atoms with Crippen LogP contribution in [0.3, 0.4) is 0 Å². The van der Waals surface area contributed by atoms with Crippen molar-refractivity contribution in [1.29, 1.82) is 0 Å². The predicted molar refractivity (Wildman–Crippen MR) is 121 cm³/mol. The smallest absolute Gasteiger partial charge is 0.0771 e. The number of halogens is 2. The number of benzene rings is 2. The maximum absolute atomic E-state index is 3.23. The van der Waals surface area contributed by atoms with Crippen LogP contribution in [0.25, 0.3) is 21.5 Å². The second-order valence-electron chi connectivity index (χ2n) is 6.52. The van der Waals surface area contributed by atoms with E-state index in [1.807, 2.05) is 0 Å². The molecule has 0 aliphatic heterocycles. The summed E-state index contributed by atoms with van der Waals surface area (Å²) in [7, 11) is 0. The Hall–Kier alpha value is -0.497. The summed E-state index contributed by atoms with van der Waals surface area (Å²) in [5, 5.41) is 5.39. The van der Waals surface area contributed by atoms with Gasteiger partial charge in [-0.3, -0.25) is 0 Å². The molecule has 0 radical (unpaired) electrons. The summed E-state index contributed by atoms with van der Waals surface area (Å²) < 4.78 is 0. The fraction of sp³-hybridized carbons (Fsp3) is 0.217. The number of hydrogen-bond acceptors (Lipinski definition) is 0. The summed E-state index contributed by atoms with van der Waals surface area (Å²) in [6.07, 6.45) is 0. The van der Waals surface area contributed by atoms with Crippen LogP contribution in [0.1, 0.15) is 27.8 Å². The molecule has 0 saturated heterocycles. The van der Waals surface area contributed by atoms with E-state index >= 15 is 0 Å². The monoisotopic (exact) mass is 548 g/mol. The topological polar surface area (TPSA) is 0 Å². The van der Waals surface area contributed by atoms with Gasteiger partial charge < -0.3 is 0 Å². The van der Waals surface area contributed by atoms with Crippen LogP contribution in [0.2, 0.25) is 0 Å². The summed E-state index contributed by atoms with van der Waals surface area (Å²) >= 11 is 6.32. The molecule has 0 spiro atoms. The van der Waals surface area contributed by atoms with Gasteiger partial charge in [-0.05, 0) is 0 Å². The minimum Gasteiger partial charge on any atom is -0.126 e. The molecule has 0 N–H and O–H groups in total. The largest absolute Gasteiger partial charge is 0.126 e. The molecule has 0 bridgehead atoms. The standard InChI is InChI=1S/C13H9.C10H15.2BrH.Zr/c1-3-7-12-10(5-1)9-11-6-2-4-8-13(11)12;1-6-7(2)9(4)10(5)8(6)3;;;/h1-9H;1-5H3;2*1H;/q2*-1;;;+4/p-2. The molecule has 0 aliphatic rings. The molecule has 0 unspecified atom stereocenters. The predicted octanol–water partition coefficient (Wildman–Crippen LogP) is 8.35. The first kappa shape index (κ1) is 21.8. The van der Waals surface area contributed by atoms with Crippen LogP contribution in [0.15, 0.2) is 54.6 Å². The van der Waals surface area contributed by atoms with Crippen LogP contribution < -0.4 is 0 Å². The van der Waals surface area contributed by atoms with Crippen LogP contribution >= 0.6 is 24.4 Å². The SMILES string of the molecule is Cc1c(C)c(C)[c-](C)c1C.[Br][Zr+2][Br].c1ccc2c(c1)[cH-]c1ccccc12. The first-order valence-corrected chi connectivity index (χ1v) is 19.9. The van der Waals surface area contributed by atoms with Crippen LogP contribution in [-0.4, -0.2) is 0 Å². The fourth-order valence-corrected chi connectivity index (χ4v) is 3.31. The van der Waals surface area contributed by atoms with Crippen molar-refractivity contribution in [3.8, 4) is 0 Å². The van der Waals surface area contributed by atoms with Crippen LogP contribution in [0.4, 0.5) is 0 Å². The Morgan fingerprint density at radius 1 is 0.731 bits per heavy atom. The van der Waals surface area contributed by atoms with Gasteiger partial charge in [0.15, 0.2) is 0 Å². The van der Waals surface area contributed by atoms with E-state index in [9.17, 15) is 0 Å². The van der Waals surface area contributed by atoms with E-state index in [4.69, 9.17) is 0 Å². The van der Waals surface area contributed by atoms with Crippen molar-refractivity contribution in [1.82, 2.24) is 0 Å². The maximum atomic E-state index is 3.23. The molecule has 26 heavy (non-hydrogen) atoms. The molecule has 0 fully saturated rings. The Labute approximate surface area is 180 Å². The molecule has 0 nitrogen and oxygen atoms in total. The molecule has 0 atom stereocenters. The Morgan fingerprint density at radius 3 is 1.38 bits per heavy atom. The quantitative estimate of drug-likeness (QED) is 0.193. The molecule has 4 aromatic rings. The van der Waals surface area contributed by atoms with Crippen LogP contribution in [0.5, 0.6) is 0 Å². The van der Waals surface area contributed by atoms with Gasteiger partial charge in [-0.1, -0.05) is 71.0 Å². The van der Waals surface area contributed by atoms with E-state index in [-0.39, 0.29) is 18.5 Å². The first-order valence-electron chi connectivity index (χ1n) is 8.61. The van der Waals surface area contributed by atoms with Crippen LogP contribution in [0, 0.1) is 34.6 Å². The van der Waals surface area contributed by atoms with Crippen molar-refractivity contribution >= 4 is 46.0 Å². The molecule has 4 aromatic carbocycles. The second-order valence-corrected chi connectivity index (χ2v) is 17.9. The molecule has 0 aromatic heterocycles. The van der Waals surface area contributed by atoms with E-state index in [0.717, 1.165) is 0 Å². The van der Waals surface area contributed by atoms with Crippen molar-refractivity contribution in [2.45, 2.75) is 34.6 Å². The molecule has 3 heteroatoms. The fourth-order valence-electron chi connectivity index (χ4n) is 3.31. The van der Waals surface area contributed by atoms with E-state index in [1.165, 1.54) is 49.4 Å². The third-order valence-corrected chi connectivity index (χ3v) is 5.34. The van der Waals surface area contributed by atoms with Crippen molar-refractivity contribution in [2.75, 3.05) is 0 Å². The molecule has 0 amide bonds. The van der Waals surface area contributed by atoms with Crippen molar-refractivity contribution in [3.63, 3.8) is 0 Å². The van der Waals surface area contributed by atoms with Gasteiger partial charge in [-0.15, -0.1) is 39.7 Å². The third-order valence-electron chi connectivity index (χ3n) is 5.34. The first-order chi connectivity index (χ1) is 12.4. The Kier molecular flexibility index (Phi) is 8.52. The second kappa shape index (κ2) is 10.2. The average molecular weight is 551 g/mol. The molecule has 0 aliphatic carbocycles. The van der Waals surface area contributed by atoms with Gasteiger partial charge in [-0.2, -0.15) is 27.8 Å². The zero-order valence-corrected chi connectivity index (χ0v) is 21.6. The van der Waals surface area contributed by atoms with Crippen molar-refractivity contribution in [3.05, 3.63) is 82.4 Å². The summed E-state index contributed by atoms with van der Waals surface area (Å²) in [6, 6.07) is 19.3. The van der Waals surface area contributed by atoms with Gasteiger partial charge in [0.05, 0.1) is 0 Å². The maximum Gasteiger partial charge on any atom is -0.0771 e. The Balaban J connectivity index is 0.000000168. The zero-order chi connectivity index (χ0) is 19.3. The molecule has 4 rings (SSSR count). The van der Waals surface area contributed by atoms with E-state index < -0.39 is 0 Å². The third kappa shape index (κ3) is 4.86. The van der Waals surface area contributed by atoms with Crippen molar-refractivity contribution in [2.24, 2.45) is 0 Å². The minimum atomic E-state index is -0.145. The summed E-state index contributed by atoms with van der Waals surface area (Å²) in [5.74, 6) is 0. The molecule has 0 saturated carbocycles. The Morgan fingerprint density at radius 2 is 1.08 bits per heavy atom. The van der Waals surface area contributed by atoms with Gasteiger partial charge in [0.2, 0.25) is 0 Å². The number of hydrogen-bond donors (Lipinski definition) is 0.